The van der Waals surface area contributed by atoms with E-state index in [4.69, 9.17) is 4.74 Å². The van der Waals surface area contributed by atoms with Crippen molar-refractivity contribution >= 4 is 28.7 Å². The van der Waals surface area contributed by atoms with E-state index < -0.39 is 0 Å². The van der Waals surface area contributed by atoms with Gasteiger partial charge in [0.2, 0.25) is 5.91 Å². The fourth-order valence-corrected chi connectivity index (χ4v) is 4.29. The first kappa shape index (κ1) is 19.5. The highest BCUT2D eigenvalue weighted by Gasteiger charge is 2.33. The number of carbonyl (C=O) groups excluding carboxylic acids is 2. The van der Waals surface area contributed by atoms with Crippen LogP contribution in [0.4, 0.5) is 5.69 Å². The van der Waals surface area contributed by atoms with Gasteiger partial charge in [0.05, 0.1) is 30.3 Å². The van der Waals surface area contributed by atoms with Gasteiger partial charge in [-0.3, -0.25) is 14.6 Å². The van der Waals surface area contributed by atoms with Crippen LogP contribution in [0.15, 0.2) is 24.7 Å². The van der Waals surface area contributed by atoms with Gasteiger partial charge in [-0.15, -0.1) is 0 Å². The molecule has 1 atom stereocenters. The molecule has 2 aromatic rings. The smallest absolute Gasteiger partial charge is 0.309 e. The summed E-state index contributed by atoms with van der Waals surface area (Å²) in [6, 6.07) is 1.99. The Morgan fingerprint density at radius 2 is 1.86 bits per heavy atom. The van der Waals surface area contributed by atoms with E-state index >= 15 is 0 Å². The largest absolute Gasteiger partial charge is 0.466 e. The van der Waals surface area contributed by atoms with E-state index in [1.54, 1.807) is 12.4 Å². The lowest BCUT2D eigenvalue weighted by molar-refractivity contribution is -0.151. The highest BCUT2D eigenvalue weighted by atomic mass is 16.5. The Kier molecular flexibility index (Phi) is 5.87. The maximum atomic E-state index is 13.1. The minimum Gasteiger partial charge on any atom is -0.466 e. The molecule has 0 aromatic carbocycles. The number of amides is 1. The van der Waals surface area contributed by atoms with Gasteiger partial charge >= 0.3 is 5.97 Å². The van der Waals surface area contributed by atoms with E-state index in [2.05, 4.69) is 19.9 Å². The number of likely N-dealkylation sites (tertiary alicyclic amines) is 1. The van der Waals surface area contributed by atoms with Gasteiger partial charge in [-0.05, 0) is 38.7 Å². The monoisotopic (exact) mass is 397 g/mol. The SMILES string of the molecule is CCOC(=O)C1CCN(C(=O)C2CCCN(c3cnc4nccnc4c3)C2)CC1. The Balaban J connectivity index is 1.38. The molecule has 2 aromatic heterocycles. The third-order valence-corrected chi connectivity index (χ3v) is 5.87. The van der Waals surface area contributed by atoms with Gasteiger partial charge in [-0.25, -0.2) is 9.97 Å². The Bertz CT molecular complexity index is 882. The van der Waals surface area contributed by atoms with Gasteiger partial charge in [-0.2, -0.15) is 0 Å². The zero-order valence-electron chi connectivity index (χ0n) is 16.8. The van der Waals surface area contributed by atoms with E-state index in [0.29, 0.717) is 44.7 Å². The molecule has 0 spiro atoms. The van der Waals surface area contributed by atoms with Crippen LogP contribution in [-0.4, -0.2) is 64.5 Å². The Morgan fingerprint density at radius 1 is 1.07 bits per heavy atom. The summed E-state index contributed by atoms with van der Waals surface area (Å²) in [5.74, 6) is -0.0343. The third kappa shape index (κ3) is 4.31. The maximum absolute atomic E-state index is 13.1. The molecule has 4 heterocycles. The summed E-state index contributed by atoms with van der Waals surface area (Å²) >= 11 is 0. The van der Waals surface area contributed by atoms with Crippen LogP contribution in [0.1, 0.15) is 32.6 Å². The second-order valence-electron chi connectivity index (χ2n) is 7.73. The standard InChI is InChI=1S/C21H27N5O3/c1-2-29-21(28)15-5-10-25(11-6-15)20(27)16-4-3-9-26(14-16)17-12-18-19(24-13-17)23-8-7-22-18/h7-8,12-13,15-16H,2-6,9-11,14H2,1H3. The predicted octanol–water partition coefficient (Wildman–Crippen LogP) is 2.04. The molecule has 0 saturated carbocycles. The molecule has 2 aliphatic heterocycles. The Hall–Kier alpha value is -2.77. The summed E-state index contributed by atoms with van der Waals surface area (Å²) in [5, 5.41) is 0. The molecule has 0 N–H and O–H groups in total. The molecule has 4 rings (SSSR count). The number of hydrogen-bond donors (Lipinski definition) is 0. The fourth-order valence-electron chi connectivity index (χ4n) is 4.29. The highest BCUT2D eigenvalue weighted by Crippen LogP contribution is 2.27. The number of hydrogen-bond acceptors (Lipinski definition) is 7. The maximum Gasteiger partial charge on any atom is 0.309 e. The first-order chi connectivity index (χ1) is 14.2. The Labute approximate surface area is 170 Å². The van der Waals surface area contributed by atoms with Gasteiger partial charge in [0.25, 0.3) is 0 Å². The van der Waals surface area contributed by atoms with Gasteiger partial charge in [0.1, 0.15) is 5.52 Å². The van der Waals surface area contributed by atoms with Crippen molar-refractivity contribution in [3.63, 3.8) is 0 Å². The van der Waals surface area contributed by atoms with Crippen LogP contribution < -0.4 is 4.90 Å². The lowest BCUT2D eigenvalue weighted by Crippen LogP contribution is -2.48. The van der Waals surface area contributed by atoms with Crippen molar-refractivity contribution in [3.05, 3.63) is 24.7 Å². The van der Waals surface area contributed by atoms with Crippen molar-refractivity contribution in [2.75, 3.05) is 37.7 Å². The number of esters is 1. The van der Waals surface area contributed by atoms with E-state index in [0.717, 1.165) is 30.6 Å². The second kappa shape index (κ2) is 8.71. The van der Waals surface area contributed by atoms with Gasteiger partial charge in [0.15, 0.2) is 5.65 Å². The molecule has 29 heavy (non-hydrogen) atoms. The number of aromatic nitrogens is 3. The molecule has 2 saturated heterocycles. The summed E-state index contributed by atoms with van der Waals surface area (Å²) in [7, 11) is 0. The average molecular weight is 397 g/mol. The molecular formula is C21H27N5O3. The van der Waals surface area contributed by atoms with Crippen LogP contribution in [0.3, 0.4) is 0 Å². The summed E-state index contributed by atoms with van der Waals surface area (Å²) in [6.07, 6.45) is 8.35. The zero-order chi connectivity index (χ0) is 20.2. The normalized spacial score (nSPS) is 20.7. The molecule has 2 fully saturated rings. The van der Waals surface area contributed by atoms with Gasteiger partial charge < -0.3 is 14.5 Å². The van der Waals surface area contributed by atoms with E-state index in [1.165, 1.54) is 0 Å². The number of carbonyl (C=O) groups is 2. The quantitative estimate of drug-likeness (QED) is 0.730. The molecular weight excluding hydrogens is 370 g/mol. The second-order valence-corrected chi connectivity index (χ2v) is 7.73. The van der Waals surface area contributed by atoms with Crippen molar-refractivity contribution < 1.29 is 14.3 Å². The number of rotatable bonds is 4. The summed E-state index contributed by atoms with van der Waals surface area (Å²) < 4.78 is 5.12. The van der Waals surface area contributed by atoms with Crippen LogP contribution in [0, 0.1) is 11.8 Å². The third-order valence-electron chi connectivity index (χ3n) is 5.87. The van der Waals surface area contributed by atoms with Crippen LogP contribution in [-0.2, 0) is 14.3 Å². The number of pyridine rings is 1. The van der Waals surface area contributed by atoms with Crippen LogP contribution in [0.2, 0.25) is 0 Å². The minimum absolute atomic E-state index is 0.0274. The van der Waals surface area contributed by atoms with E-state index in [-0.39, 0.29) is 23.7 Å². The number of anilines is 1. The van der Waals surface area contributed by atoms with E-state index in [1.807, 2.05) is 24.1 Å². The molecule has 8 nitrogen and oxygen atoms in total. The molecule has 1 amide bonds. The zero-order valence-corrected chi connectivity index (χ0v) is 16.8. The molecule has 1 unspecified atom stereocenters. The topological polar surface area (TPSA) is 88.5 Å². The molecule has 154 valence electrons. The van der Waals surface area contributed by atoms with Crippen molar-refractivity contribution in [1.29, 1.82) is 0 Å². The van der Waals surface area contributed by atoms with Crippen LogP contribution in [0.5, 0.6) is 0 Å². The van der Waals surface area contributed by atoms with Crippen LogP contribution >= 0.6 is 0 Å². The van der Waals surface area contributed by atoms with Crippen molar-refractivity contribution in [1.82, 2.24) is 19.9 Å². The Morgan fingerprint density at radius 3 is 2.66 bits per heavy atom. The van der Waals surface area contributed by atoms with Crippen molar-refractivity contribution in [3.8, 4) is 0 Å². The van der Waals surface area contributed by atoms with Gasteiger partial charge in [-0.1, -0.05) is 0 Å². The van der Waals surface area contributed by atoms with Crippen LogP contribution in [0.25, 0.3) is 11.2 Å². The molecule has 2 aliphatic rings. The highest BCUT2D eigenvalue weighted by molar-refractivity contribution is 5.81. The van der Waals surface area contributed by atoms with E-state index in [9.17, 15) is 9.59 Å². The van der Waals surface area contributed by atoms with Crippen molar-refractivity contribution in [2.45, 2.75) is 32.6 Å². The predicted molar refractivity (Wildman–Crippen MR) is 108 cm³/mol. The lowest BCUT2D eigenvalue weighted by atomic mass is 9.92. The fraction of sp³-hybridized carbons (Fsp3) is 0.571. The summed E-state index contributed by atoms with van der Waals surface area (Å²) in [5.41, 5.74) is 2.38. The van der Waals surface area contributed by atoms with Crippen molar-refractivity contribution in [2.24, 2.45) is 11.8 Å². The minimum atomic E-state index is -0.129. The number of fused-ring (bicyclic) bond motifs is 1. The summed E-state index contributed by atoms with van der Waals surface area (Å²) in [6.45, 7) is 5.08. The van der Waals surface area contributed by atoms with Gasteiger partial charge in [0, 0.05) is 38.6 Å². The first-order valence-electron chi connectivity index (χ1n) is 10.4. The molecule has 0 radical (unpaired) electrons. The number of ether oxygens (including phenoxy) is 1. The number of nitrogens with zero attached hydrogens (tertiary/aromatic N) is 5. The lowest BCUT2D eigenvalue weighted by Gasteiger charge is -2.38. The molecule has 0 bridgehead atoms. The molecule has 8 heteroatoms. The average Bonchev–Trinajstić information content (AvgIpc) is 2.78. The number of piperidine rings is 2. The molecule has 0 aliphatic carbocycles. The summed E-state index contributed by atoms with van der Waals surface area (Å²) in [4.78, 5) is 42.1. The first-order valence-corrected chi connectivity index (χ1v) is 10.4.